The van der Waals surface area contributed by atoms with Crippen LogP contribution in [0.4, 0.5) is 0 Å². The van der Waals surface area contributed by atoms with Crippen molar-refractivity contribution in [1.29, 1.82) is 0 Å². The number of hydrogen-bond donors (Lipinski definition) is 0. The van der Waals surface area contributed by atoms with Gasteiger partial charge in [-0.15, -0.1) is 0 Å². The summed E-state index contributed by atoms with van der Waals surface area (Å²) in [6.07, 6.45) is 2.84. The molecule has 14 heavy (non-hydrogen) atoms. The van der Waals surface area contributed by atoms with E-state index in [0.717, 1.165) is 0 Å². The number of aromatic nitrogens is 1. The molecule has 0 aromatic carbocycles. The summed E-state index contributed by atoms with van der Waals surface area (Å²) in [7, 11) is 1.55. The van der Waals surface area contributed by atoms with Crippen molar-refractivity contribution in [3.05, 3.63) is 30.1 Å². The molecule has 3 nitrogen and oxygen atoms in total. The van der Waals surface area contributed by atoms with Crippen LogP contribution >= 0.6 is 0 Å². The standard InChI is InChI=1S/C11H15NO2/c1-8(2)11(14-3)10(13)9-5-4-6-12-7-9/h4-8,11H,1-3H3. The molecule has 1 aromatic rings. The van der Waals surface area contributed by atoms with Crippen LogP contribution in [-0.2, 0) is 4.74 Å². The minimum Gasteiger partial charge on any atom is -0.373 e. The Morgan fingerprint density at radius 1 is 1.50 bits per heavy atom. The third-order valence-electron chi connectivity index (χ3n) is 2.06. The summed E-state index contributed by atoms with van der Waals surface area (Å²) in [5.41, 5.74) is 0.605. The minimum absolute atomic E-state index is 0.00407. The summed E-state index contributed by atoms with van der Waals surface area (Å²) < 4.78 is 5.15. The summed E-state index contributed by atoms with van der Waals surface area (Å²) in [6.45, 7) is 3.92. The number of methoxy groups -OCH3 is 1. The zero-order chi connectivity index (χ0) is 10.6. The Hall–Kier alpha value is -1.22. The Morgan fingerprint density at radius 3 is 2.64 bits per heavy atom. The van der Waals surface area contributed by atoms with Gasteiger partial charge in [-0.2, -0.15) is 0 Å². The molecule has 0 saturated carbocycles. The van der Waals surface area contributed by atoms with Crippen LogP contribution in [-0.4, -0.2) is 24.0 Å². The molecule has 0 saturated heterocycles. The van der Waals surface area contributed by atoms with E-state index in [1.807, 2.05) is 13.8 Å². The van der Waals surface area contributed by atoms with Gasteiger partial charge in [0, 0.05) is 25.1 Å². The second-order valence-corrected chi connectivity index (χ2v) is 3.51. The molecule has 1 atom stereocenters. The maximum atomic E-state index is 11.9. The number of ether oxygens (including phenoxy) is 1. The van der Waals surface area contributed by atoms with Crippen LogP contribution in [0.3, 0.4) is 0 Å². The molecule has 0 bridgehead atoms. The molecule has 0 aliphatic carbocycles. The Morgan fingerprint density at radius 2 is 2.21 bits per heavy atom. The number of ketones is 1. The van der Waals surface area contributed by atoms with Crippen LogP contribution < -0.4 is 0 Å². The van der Waals surface area contributed by atoms with E-state index in [4.69, 9.17) is 4.74 Å². The van der Waals surface area contributed by atoms with E-state index in [1.165, 1.54) is 0 Å². The normalized spacial score (nSPS) is 12.9. The summed E-state index contributed by atoms with van der Waals surface area (Å²) in [4.78, 5) is 15.8. The predicted octanol–water partition coefficient (Wildman–Crippen LogP) is 1.94. The fourth-order valence-corrected chi connectivity index (χ4v) is 1.35. The second-order valence-electron chi connectivity index (χ2n) is 3.51. The van der Waals surface area contributed by atoms with E-state index in [-0.39, 0.29) is 17.8 Å². The third-order valence-corrected chi connectivity index (χ3v) is 2.06. The average Bonchev–Trinajstić information content (AvgIpc) is 2.19. The van der Waals surface area contributed by atoms with Gasteiger partial charge >= 0.3 is 0 Å². The first-order valence-corrected chi connectivity index (χ1v) is 4.64. The van der Waals surface area contributed by atoms with Gasteiger partial charge in [-0.1, -0.05) is 13.8 Å². The van der Waals surface area contributed by atoms with Crippen molar-refractivity contribution in [2.75, 3.05) is 7.11 Å². The highest BCUT2D eigenvalue weighted by Gasteiger charge is 2.22. The highest BCUT2D eigenvalue weighted by molar-refractivity contribution is 5.99. The largest absolute Gasteiger partial charge is 0.373 e. The highest BCUT2D eigenvalue weighted by atomic mass is 16.5. The molecule has 0 radical (unpaired) electrons. The van der Waals surface area contributed by atoms with E-state index >= 15 is 0 Å². The van der Waals surface area contributed by atoms with Crippen molar-refractivity contribution < 1.29 is 9.53 Å². The number of nitrogens with zero attached hydrogens (tertiary/aromatic N) is 1. The summed E-state index contributed by atoms with van der Waals surface area (Å²) in [5.74, 6) is 0.170. The van der Waals surface area contributed by atoms with E-state index in [1.54, 1.807) is 31.6 Å². The lowest BCUT2D eigenvalue weighted by molar-refractivity contribution is 0.0458. The lowest BCUT2D eigenvalue weighted by Gasteiger charge is -2.17. The number of carbonyl (C=O) groups is 1. The fourth-order valence-electron chi connectivity index (χ4n) is 1.35. The molecule has 1 heterocycles. The van der Waals surface area contributed by atoms with Crippen molar-refractivity contribution in [1.82, 2.24) is 4.98 Å². The average molecular weight is 193 g/mol. The number of carbonyl (C=O) groups excluding carboxylic acids is 1. The monoisotopic (exact) mass is 193 g/mol. The number of pyridine rings is 1. The van der Waals surface area contributed by atoms with Crippen molar-refractivity contribution in [2.24, 2.45) is 5.92 Å². The van der Waals surface area contributed by atoms with Crippen LogP contribution in [0, 0.1) is 5.92 Å². The molecule has 3 heteroatoms. The first-order chi connectivity index (χ1) is 6.66. The van der Waals surface area contributed by atoms with Crippen LogP contribution in [0.1, 0.15) is 24.2 Å². The van der Waals surface area contributed by atoms with Crippen molar-refractivity contribution in [3.63, 3.8) is 0 Å². The molecule has 1 aromatic heterocycles. The third kappa shape index (κ3) is 2.39. The molecule has 1 rings (SSSR count). The van der Waals surface area contributed by atoms with Crippen LogP contribution in [0.15, 0.2) is 24.5 Å². The zero-order valence-electron chi connectivity index (χ0n) is 8.73. The molecular formula is C11H15NO2. The zero-order valence-corrected chi connectivity index (χ0v) is 8.73. The Kier molecular flexibility index (Phi) is 3.77. The van der Waals surface area contributed by atoms with Gasteiger partial charge in [-0.05, 0) is 18.1 Å². The molecule has 0 fully saturated rings. The van der Waals surface area contributed by atoms with Gasteiger partial charge in [0.25, 0.3) is 0 Å². The highest BCUT2D eigenvalue weighted by Crippen LogP contribution is 2.12. The Balaban J connectivity index is 2.84. The van der Waals surface area contributed by atoms with Crippen LogP contribution in [0.25, 0.3) is 0 Å². The maximum Gasteiger partial charge on any atom is 0.193 e. The van der Waals surface area contributed by atoms with Crippen molar-refractivity contribution in [3.8, 4) is 0 Å². The van der Waals surface area contributed by atoms with Crippen LogP contribution in [0.5, 0.6) is 0 Å². The lowest BCUT2D eigenvalue weighted by atomic mass is 9.99. The van der Waals surface area contributed by atoms with Gasteiger partial charge in [0.05, 0.1) is 0 Å². The first-order valence-electron chi connectivity index (χ1n) is 4.64. The topological polar surface area (TPSA) is 39.2 Å². The smallest absolute Gasteiger partial charge is 0.193 e. The predicted molar refractivity (Wildman–Crippen MR) is 54.2 cm³/mol. The molecule has 1 unspecified atom stereocenters. The van der Waals surface area contributed by atoms with E-state index in [2.05, 4.69) is 4.98 Å². The molecule has 0 spiro atoms. The fraction of sp³-hybridized carbons (Fsp3) is 0.455. The lowest BCUT2D eigenvalue weighted by Crippen LogP contribution is -2.28. The maximum absolute atomic E-state index is 11.9. The number of rotatable bonds is 4. The molecule has 0 amide bonds. The molecule has 0 aliphatic heterocycles. The van der Waals surface area contributed by atoms with Gasteiger partial charge in [0.15, 0.2) is 5.78 Å². The molecule has 0 aliphatic rings. The van der Waals surface area contributed by atoms with Gasteiger partial charge in [0.1, 0.15) is 6.10 Å². The van der Waals surface area contributed by atoms with E-state index < -0.39 is 0 Å². The van der Waals surface area contributed by atoms with E-state index in [0.29, 0.717) is 5.56 Å². The molecule has 0 N–H and O–H groups in total. The van der Waals surface area contributed by atoms with Gasteiger partial charge in [0.2, 0.25) is 0 Å². The Bertz CT molecular complexity index is 295. The number of Topliss-reactive ketones (excluding diaryl/α,β-unsaturated/α-hetero) is 1. The molecular weight excluding hydrogens is 178 g/mol. The second kappa shape index (κ2) is 4.86. The van der Waals surface area contributed by atoms with E-state index in [9.17, 15) is 4.79 Å². The minimum atomic E-state index is -0.376. The summed E-state index contributed by atoms with van der Waals surface area (Å²) >= 11 is 0. The van der Waals surface area contributed by atoms with Gasteiger partial charge in [-0.3, -0.25) is 9.78 Å². The SMILES string of the molecule is COC(C(=O)c1cccnc1)C(C)C. The first kappa shape index (κ1) is 10.9. The van der Waals surface area contributed by atoms with Crippen molar-refractivity contribution >= 4 is 5.78 Å². The summed E-state index contributed by atoms with van der Waals surface area (Å²) in [6, 6.07) is 3.50. The molecule has 76 valence electrons. The quantitative estimate of drug-likeness (QED) is 0.686. The van der Waals surface area contributed by atoms with Gasteiger partial charge < -0.3 is 4.74 Å². The van der Waals surface area contributed by atoms with Gasteiger partial charge in [-0.25, -0.2) is 0 Å². The van der Waals surface area contributed by atoms with Crippen molar-refractivity contribution in [2.45, 2.75) is 20.0 Å². The van der Waals surface area contributed by atoms with Crippen LogP contribution in [0.2, 0.25) is 0 Å². The summed E-state index contributed by atoms with van der Waals surface area (Å²) in [5, 5.41) is 0. The Labute approximate surface area is 84.1 Å². The number of hydrogen-bond acceptors (Lipinski definition) is 3.